The molecule has 1 aliphatic rings. The van der Waals surface area contributed by atoms with Gasteiger partial charge in [-0.05, 0) is 45.4 Å². The standard InChI is InChI=1S/C20H25N3O2/c1-15-10-11-17-18(21-15)23(19(24)25-20(2,3)4)13-12-22(17)14-16-8-6-5-7-9-16/h5-11H,12-14H2,1-4H3. The van der Waals surface area contributed by atoms with Crippen molar-refractivity contribution in [2.24, 2.45) is 0 Å². The van der Waals surface area contributed by atoms with E-state index in [0.717, 1.165) is 24.5 Å². The van der Waals surface area contributed by atoms with E-state index in [1.807, 2.05) is 58.0 Å². The minimum Gasteiger partial charge on any atom is -0.443 e. The zero-order valence-electron chi connectivity index (χ0n) is 15.3. The third-order valence-electron chi connectivity index (χ3n) is 4.01. The Hall–Kier alpha value is -2.56. The average molecular weight is 339 g/mol. The smallest absolute Gasteiger partial charge is 0.416 e. The van der Waals surface area contributed by atoms with Gasteiger partial charge in [0.2, 0.25) is 0 Å². The molecule has 0 saturated carbocycles. The molecule has 25 heavy (non-hydrogen) atoms. The fourth-order valence-electron chi connectivity index (χ4n) is 2.89. The highest BCUT2D eigenvalue weighted by Crippen LogP contribution is 2.33. The highest BCUT2D eigenvalue weighted by atomic mass is 16.6. The molecule has 0 radical (unpaired) electrons. The van der Waals surface area contributed by atoms with Crippen molar-refractivity contribution in [3.05, 3.63) is 53.7 Å². The number of pyridine rings is 1. The number of hydrogen-bond acceptors (Lipinski definition) is 4. The molecule has 1 aliphatic heterocycles. The van der Waals surface area contributed by atoms with Gasteiger partial charge in [-0.15, -0.1) is 0 Å². The fraction of sp³-hybridized carbons (Fsp3) is 0.400. The van der Waals surface area contributed by atoms with Crippen molar-refractivity contribution in [2.75, 3.05) is 22.9 Å². The van der Waals surface area contributed by atoms with Crippen molar-refractivity contribution < 1.29 is 9.53 Å². The summed E-state index contributed by atoms with van der Waals surface area (Å²) in [6.07, 6.45) is -0.341. The fourth-order valence-corrected chi connectivity index (χ4v) is 2.89. The number of anilines is 2. The second-order valence-corrected chi connectivity index (χ2v) is 7.33. The van der Waals surface area contributed by atoms with Gasteiger partial charge in [0.1, 0.15) is 5.60 Å². The predicted molar refractivity (Wildman–Crippen MR) is 100 cm³/mol. The maximum absolute atomic E-state index is 12.6. The van der Waals surface area contributed by atoms with Crippen molar-refractivity contribution in [1.82, 2.24) is 4.98 Å². The molecule has 2 heterocycles. The van der Waals surface area contributed by atoms with E-state index < -0.39 is 5.60 Å². The summed E-state index contributed by atoms with van der Waals surface area (Å²) in [6.45, 7) is 9.66. The van der Waals surface area contributed by atoms with Crippen molar-refractivity contribution >= 4 is 17.6 Å². The first kappa shape index (κ1) is 17.3. The van der Waals surface area contributed by atoms with Gasteiger partial charge in [-0.3, -0.25) is 4.90 Å². The minimum atomic E-state index is -0.526. The second-order valence-electron chi connectivity index (χ2n) is 7.33. The summed E-state index contributed by atoms with van der Waals surface area (Å²) in [6, 6.07) is 14.3. The Balaban J connectivity index is 1.89. The molecule has 0 unspecified atom stereocenters. The number of rotatable bonds is 2. The number of hydrogen-bond donors (Lipinski definition) is 0. The number of aryl methyl sites for hydroxylation is 1. The van der Waals surface area contributed by atoms with Crippen LogP contribution < -0.4 is 9.80 Å². The number of benzene rings is 1. The number of fused-ring (bicyclic) bond motifs is 1. The molecule has 0 bridgehead atoms. The van der Waals surface area contributed by atoms with Gasteiger partial charge in [-0.2, -0.15) is 0 Å². The lowest BCUT2D eigenvalue weighted by Crippen LogP contribution is -2.46. The van der Waals surface area contributed by atoms with E-state index in [0.29, 0.717) is 12.4 Å². The van der Waals surface area contributed by atoms with Crippen LogP contribution >= 0.6 is 0 Å². The van der Waals surface area contributed by atoms with E-state index in [2.05, 4.69) is 22.0 Å². The number of ether oxygens (including phenoxy) is 1. The van der Waals surface area contributed by atoms with Gasteiger partial charge in [0.15, 0.2) is 5.82 Å². The third-order valence-corrected chi connectivity index (χ3v) is 4.01. The van der Waals surface area contributed by atoms with Crippen LogP contribution in [0.1, 0.15) is 32.0 Å². The Morgan fingerprint density at radius 1 is 1.12 bits per heavy atom. The molecule has 1 aromatic heterocycles. The highest BCUT2D eigenvalue weighted by Gasteiger charge is 2.31. The third kappa shape index (κ3) is 4.10. The molecule has 5 heteroatoms. The Morgan fingerprint density at radius 3 is 2.52 bits per heavy atom. The molecular formula is C20H25N3O2. The monoisotopic (exact) mass is 339 g/mol. The highest BCUT2D eigenvalue weighted by molar-refractivity contribution is 5.92. The van der Waals surface area contributed by atoms with E-state index in [1.165, 1.54) is 5.56 Å². The molecule has 2 aromatic rings. The van der Waals surface area contributed by atoms with E-state index in [4.69, 9.17) is 4.74 Å². The van der Waals surface area contributed by atoms with Gasteiger partial charge in [0.25, 0.3) is 0 Å². The van der Waals surface area contributed by atoms with E-state index in [1.54, 1.807) is 4.90 Å². The topological polar surface area (TPSA) is 45.7 Å². The predicted octanol–water partition coefficient (Wildman–Crippen LogP) is 4.15. The van der Waals surface area contributed by atoms with Crippen LogP contribution in [0, 0.1) is 6.92 Å². The molecular weight excluding hydrogens is 314 g/mol. The summed E-state index contributed by atoms with van der Waals surface area (Å²) >= 11 is 0. The maximum Gasteiger partial charge on any atom is 0.416 e. The van der Waals surface area contributed by atoms with Crippen LogP contribution in [0.3, 0.4) is 0 Å². The Kier molecular flexibility index (Phi) is 4.66. The zero-order chi connectivity index (χ0) is 18.0. The van der Waals surface area contributed by atoms with E-state index in [-0.39, 0.29) is 6.09 Å². The molecule has 0 fully saturated rings. The molecule has 1 aromatic carbocycles. The van der Waals surface area contributed by atoms with Gasteiger partial charge < -0.3 is 9.64 Å². The molecule has 5 nitrogen and oxygen atoms in total. The normalized spacial score (nSPS) is 14.2. The SMILES string of the molecule is Cc1ccc2c(n1)N(C(=O)OC(C)(C)C)CCN2Cc1ccccc1. The molecule has 0 N–H and O–H groups in total. The first-order valence-electron chi connectivity index (χ1n) is 8.60. The van der Waals surface area contributed by atoms with Crippen LogP contribution in [0.25, 0.3) is 0 Å². The summed E-state index contributed by atoms with van der Waals surface area (Å²) < 4.78 is 5.56. The number of amides is 1. The van der Waals surface area contributed by atoms with Gasteiger partial charge in [0, 0.05) is 25.3 Å². The first-order chi connectivity index (χ1) is 11.8. The summed E-state index contributed by atoms with van der Waals surface area (Å²) in [5.41, 5.74) is 2.56. The maximum atomic E-state index is 12.6. The van der Waals surface area contributed by atoms with Crippen molar-refractivity contribution in [2.45, 2.75) is 39.8 Å². The first-order valence-corrected chi connectivity index (χ1v) is 8.60. The molecule has 0 atom stereocenters. The molecule has 1 amide bonds. The van der Waals surface area contributed by atoms with Crippen LogP contribution in [-0.2, 0) is 11.3 Å². The Labute approximate surface area is 149 Å². The van der Waals surface area contributed by atoms with Gasteiger partial charge >= 0.3 is 6.09 Å². The molecule has 0 aliphatic carbocycles. The van der Waals surface area contributed by atoms with Crippen LogP contribution in [0.4, 0.5) is 16.3 Å². The number of carbonyl (C=O) groups is 1. The van der Waals surface area contributed by atoms with Gasteiger partial charge in [-0.1, -0.05) is 30.3 Å². The van der Waals surface area contributed by atoms with E-state index in [9.17, 15) is 4.79 Å². The van der Waals surface area contributed by atoms with Crippen LogP contribution in [-0.4, -0.2) is 29.8 Å². The molecule has 0 spiro atoms. The molecule has 0 saturated heterocycles. The number of carbonyl (C=O) groups excluding carboxylic acids is 1. The van der Waals surface area contributed by atoms with Crippen molar-refractivity contribution in [3.8, 4) is 0 Å². The van der Waals surface area contributed by atoms with Crippen LogP contribution in [0.2, 0.25) is 0 Å². The van der Waals surface area contributed by atoms with Crippen molar-refractivity contribution in [3.63, 3.8) is 0 Å². The Morgan fingerprint density at radius 2 is 1.84 bits per heavy atom. The Bertz CT molecular complexity index is 753. The van der Waals surface area contributed by atoms with E-state index >= 15 is 0 Å². The quantitative estimate of drug-likeness (QED) is 0.824. The summed E-state index contributed by atoms with van der Waals surface area (Å²) in [5, 5.41) is 0. The summed E-state index contributed by atoms with van der Waals surface area (Å²) in [5.74, 6) is 0.677. The van der Waals surface area contributed by atoms with Gasteiger partial charge in [0.05, 0.1) is 5.69 Å². The van der Waals surface area contributed by atoms with Crippen molar-refractivity contribution in [1.29, 1.82) is 0 Å². The van der Waals surface area contributed by atoms with Crippen LogP contribution in [0.5, 0.6) is 0 Å². The van der Waals surface area contributed by atoms with Crippen LogP contribution in [0.15, 0.2) is 42.5 Å². The average Bonchev–Trinajstić information content (AvgIpc) is 2.54. The lowest BCUT2D eigenvalue weighted by molar-refractivity contribution is 0.0578. The largest absolute Gasteiger partial charge is 0.443 e. The number of aromatic nitrogens is 1. The number of nitrogens with zero attached hydrogens (tertiary/aromatic N) is 3. The zero-order valence-corrected chi connectivity index (χ0v) is 15.3. The lowest BCUT2D eigenvalue weighted by Gasteiger charge is -2.37. The summed E-state index contributed by atoms with van der Waals surface area (Å²) in [4.78, 5) is 21.1. The second kappa shape index (κ2) is 6.75. The minimum absolute atomic E-state index is 0.341. The molecule has 3 rings (SSSR count). The van der Waals surface area contributed by atoms with Gasteiger partial charge in [-0.25, -0.2) is 9.78 Å². The lowest BCUT2D eigenvalue weighted by atomic mass is 10.1. The summed E-state index contributed by atoms with van der Waals surface area (Å²) in [7, 11) is 0. The molecule has 132 valence electrons.